The Bertz CT molecular complexity index is 1200. The molecule has 2 N–H and O–H groups in total. The maximum absolute atomic E-state index is 12.5. The molecule has 3 atom stereocenters. The number of benzene rings is 1. The van der Waals surface area contributed by atoms with Gasteiger partial charge in [0.25, 0.3) is 5.91 Å². The first kappa shape index (κ1) is 26.9. The summed E-state index contributed by atoms with van der Waals surface area (Å²) < 4.78 is 15.7. The quantitative estimate of drug-likeness (QED) is 0.508. The van der Waals surface area contributed by atoms with E-state index < -0.39 is 42.3 Å². The second kappa shape index (κ2) is 12.3. The number of amides is 3. The lowest BCUT2D eigenvalue weighted by molar-refractivity contribution is -0.154. The zero-order chi connectivity index (χ0) is 26.2. The van der Waals surface area contributed by atoms with E-state index in [0.29, 0.717) is 10.0 Å². The first-order valence-electron chi connectivity index (χ1n) is 10.6. The van der Waals surface area contributed by atoms with Crippen LogP contribution >= 0.6 is 23.4 Å². The second-order valence-corrected chi connectivity index (χ2v) is 9.02. The summed E-state index contributed by atoms with van der Waals surface area (Å²) >= 11 is 7.11. The smallest absolute Gasteiger partial charge is 0.323 e. The lowest BCUT2D eigenvalue weighted by Crippen LogP contribution is -2.44. The van der Waals surface area contributed by atoms with Gasteiger partial charge in [-0.15, -0.1) is 0 Å². The summed E-state index contributed by atoms with van der Waals surface area (Å²) in [4.78, 5) is 52.3. The van der Waals surface area contributed by atoms with Gasteiger partial charge in [0.2, 0.25) is 0 Å². The van der Waals surface area contributed by atoms with Gasteiger partial charge < -0.3 is 19.5 Å². The number of pyridine rings is 1. The number of carbonyl (C=O) groups is 4. The van der Waals surface area contributed by atoms with E-state index in [9.17, 15) is 24.4 Å². The van der Waals surface area contributed by atoms with Gasteiger partial charge in [0.1, 0.15) is 36.1 Å². The number of nitrogens with zero attached hydrogens (tertiary/aromatic N) is 2. The fraction of sp³-hybridized carbons (Fsp3) is 0.304. The third kappa shape index (κ3) is 7.67. The maximum Gasteiger partial charge on any atom is 0.323 e. The molecule has 1 unspecified atom stereocenters. The molecule has 1 aromatic heterocycles. The highest BCUT2D eigenvalue weighted by Crippen LogP contribution is 2.29. The van der Waals surface area contributed by atoms with Crippen LogP contribution in [0.2, 0.25) is 5.02 Å². The topological polar surface area (TPSA) is 157 Å². The molecule has 0 aliphatic carbocycles. The largest absolute Gasteiger partial charge is 0.463 e. The molecule has 13 heteroatoms. The lowest BCUT2D eigenvalue weighted by Gasteiger charge is -2.17. The van der Waals surface area contributed by atoms with Gasteiger partial charge in [-0.1, -0.05) is 23.4 Å². The fourth-order valence-corrected chi connectivity index (χ4v) is 4.14. The third-order valence-electron chi connectivity index (χ3n) is 4.75. The highest BCUT2D eigenvalue weighted by Gasteiger charge is 2.39. The standard InChI is InChI=1S/C23H21ClN4O7S/c1-12(29)33-11-19-18(34-13(2)30)8-20(35-19)27-23(32)28-21(31)15-7-14(9-25)22(26-10-15)36-17-5-3-16(24)4-6-17/h3-7,10,18-20H,8,11H2,1-2H3,(H2,27,28,31,32)/t18?,19-,20-/m1/s1. The van der Waals surface area contributed by atoms with Crippen LogP contribution in [0.5, 0.6) is 0 Å². The van der Waals surface area contributed by atoms with E-state index in [-0.39, 0.29) is 24.2 Å². The van der Waals surface area contributed by atoms with Crippen molar-refractivity contribution in [3.05, 3.63) is 52.7 Å². The van der Waals surface area contributed by atoms with E-state index >= 15 is 0 Å². The van der Waals surface area contributed by atoms with Crippen LogP contribution < -0.4 is 10.6 Å². The molecule has 1 aromatic carbocycles. The molecular formula is C23H21ClN4O7S. The minimum Gasteiger partial charge on any atom is -0.463 e. The van der Waals surface area contributed by atoms with Crippen molar-refractivity contribution in [2.75, 3.05) is 6.61 Å². The van der Waals surface area contributed by atoms with Crippen LogP contribution in [0.1, 0.15) is 36.2 Å². The first-order chi connectivity index (χ1) is 17.1. The highest BCUT2D eigenvalue weighted by atomic mass is 35.5. The maximum atomic E-state index is 12.5. The van der Waals surface area contributed by atoms with Crippen LogP contribution in [0, 0.1) is 11.3 Å². The van der Waals surface area contributed by atoms with Gasteiger partial charge in [0.05, 0.1) is 11.1 Å². The summed E-state index contributed by atoms with van der Waals surface area (Å²) in [6.45, 7) is 2.27. The number of esters is 2. The Labute approximate surface area is 215 Å². The molecule has 0 saturated carbocycles. The lowest BCUT2D eigenvalue weighted by atomic mass is 10.2. The van der Waals surface area contributed by atoms with Crippen LogP contribution in [0.25, 0.3) is 0 Å². The van der Waals surface area contributed by atoms with E-state index in [4.69, 9.17) is 25.8 Å². The van der Waals surface area contributed by atoms with E-state index in [1.54, 1.807) is 24.3 Å². The predicted molar refractivity (Wildman–Crippen MR) is 126 cm³/mol. The number of imide groups is 1. The third-order valence-corrected chi connectivity index (χ3v) is 6.03. The SMILES string of the molecule is CC(=O)OC[C@H]1O[C@@H](NC(=O)NC(=O)c2cnc(Sc3ccc(Cl)cc3)c(C#N)c2)CC1OC(C)=O. The Morgan fingerprint density at radius 1 is 1.22 bits per heavy atom. The number of aromatic nitrogens is 1. The molecule has 0 bridgehead atoms. The summed E-state index contributed by atoms with van der Waals surface area (Å²) in [5.74, 6) is -1.89. The number of urea groups is 1. The van der Waals surface area contributed by atoms with Gasteiger partial charge in [-0.2, -0.15) is 5.26 Å². The van der Waals surface area contributed by atoms with Crippen molar-refractivity contribution in [1.82, 2.24) is 15.6 Å². The van der Waals surface area contributed by atoms with Crippen molar-refractivity contribution in [2.24, 2.45) is 0 Å². The van der Waals surface area contributed by atoms with Gasteiger partial charge >= 0.3 is 18.0 Å². The Morgan fingerprint density at radius 2 is 1.94 bits per heavy atom. The molecule has 1 saturated heterocycles. The van der Waals surface area contributed by atoms with E-state index in [2.05, 4.69) is 15.6 Å². The van der Waals surface area contributed by atoms with Crippen LogP contribution in [0.15, 0.2) is 46.5 Å². The zero-order valence-corrected chi connectivity index (χ0v) is 20.7. The molecule has 36 heavy (non-hydrogen) atoms. The Kier molecular flexibility index (Phi) is 9.24. The van der Waals surface area contributed by atoms with E-state index in [0.717, 1.165) is 4.90 Å². The van der Waals surface area contributed by atoms with Crippen LogP contribution in [-0.2, 0) is 23.8 Å². The summed E-state index contributed by atoms with van der Waals surface area (Å²) in [7, 11) is 0. The molecule has 3 rings (SSSR count). The van der Waals surface area contributed by atoms with Crippen molar-refractivity contribution in [2.45, 2.75) is 48.6 Å². The predicted octanol–water partition coefficient (Wildman–Crippen LogP) is 2.81. The summed E-state index contributed by atoms with van der Waals surface area (Å²) in [5, 5.41) is 15.0. The second-order valence-electron chi connectivity index (χ2n) is 7.52. The van der Waals surface area contributed by atoms with Gasteiger partial charge in [-0.05, 0) is 30.3 Å². The zero-order valence-electron chi connectivity index (χ0n) is 19.1. The normalized spacial score (nSPS) is 18.6. The molecule has 1 fully saturated rings. The van der Waals surface area contributed by atoms with Gasteiger partial charge in [0, 0.05) is 36.4 Å². The Balaban J connectivity index is 1.60. The van der Waals surface area contributed by atoms with Gasteiger partial charge in [-0.3, -0.25) is 19.7 Å². The average molecular weight is 533 g/mol. The van der Waals surface area contributed by atoms with E-state index in [1.807, 2.05) is 6.07 Å². The molecule has 1 aliphatic rings. The van der Waals surface area contributed by atoms with Crippen LogP contribution in [0.3, 0.4) is 0 Å². The van der Waals surface area contributed by atoms with Crippen LogP contribution in [0.4, 0.5) is 4.79 Å². The number of rotatable bonds is 7. The number of nitriles is 1. The van der Waals surface area contributed by atoms with Gasteiger partial charge in [-0.25, -0.2) is 9.78 Å². The number of hydrogen-bond donors (Lipinski definition) is 2. The molecule has 0 spiro atoms. The summed E-state index contributed by atoms with van der Waals surface area (Å²) in [6, 6.07) is 9.40. The van der Waals surface area contributed by atoms with Crippen LogP contribution in [-0.4, -0.2) is 53.9 Å². The minimum absolute atomic E-state index is 0.0000192. The molecule has 188 valence electrons. The number of halogens is 1. The van der Waals surface area contributed by atoms with Crippen molar-refractivity contribution < 1.29 is 33.4 Å². The minimum atomic E-state index is -0.909. The summed E-state index contributed by atoms with van der Waals surface area (Å²) in [6.07, 6.45) is -1.11. The molecule has 1 aliphatic heterocycles. The fourth-order valence-electron chi connectivity index (χ4n) is 3.20. The summed E-state index contributed by atoms with van der Waals surface area (Å²) in [5.41, 5.74) is 0.152. The van der Waals surface area contributed by atoms with E-state index in [1.165, 1.54) is 37.9 Å². The molecule has 2 aromatic rings. The molecule has 11 nitrogen and oxygen atoms in total. The Hall–Kier alpha value is -3.66. The first-order valence-corrected chi connectivity index (χ1v) is 11.8. The van der Waals surface area contributed by atoms with Crippen molar-refractivity contribution in [3.8, 4) is 6.07 Å². The van der Waals surface area contributed by atoms with Crippen molar-refractivity contribution >= 4 is 47.2 Å². The number of ether oxygens (including phenoxy) is 3. The van der Waals surface area contributed by atoms with Gasteiger partial charge in [0.15, 0.2) is 0 Å². The number of carbonyl (C=O) groups excluding carboxylic acids is 4. The Morgan fingerprint density at radius 3 is 2.58 bits per heavy atom. The molecule has 3 amide bonds. The molecule has 0 radical (unpaired) electrons. The molecular weight excluding hydrogens is 512 g/mol. The number of nitrogens with one attached hydrogen (secondary N) is 2. The number of hydrogen-bond acceptors (Lipinski definition) is 10. The monoisotopic (exact) mass is 532 g/mol. The molecule has 2 heterocycles. The average Bonchev–Trinajstić information content (AvgIpc) is 3.19. The highest BCUT2D eigenvalue weighted by molar-refractivity contribution is 7.99. The van der Waals surface area contributed by atoms with Crippen molar-refractivity contribution in [1.29, 1.82) is 5.26 Å². The van der Waals surface area contributed by atoms with Crippen molar-refractivity contribution in [3.63, 3.8) is 0 Å².